The Morgan fingerprint density at radius 3 is 2.52 bits per heavy atom. The number of hydrogen-bond acceptors (Lipinski definition) is 4. The molecule has 2 aromatic carbocycles. The first-order chi connectivity index (χ1) is 12.9. The summed E-state index contributed by atoms with van der Waals surface area (Å²) in [6, 6.07) is 11.1. The lowest BCUT2D eigenvalue weighted by Crippen LogP contribution is -2.21. The Morgan fingerprint density at radius 2 is 1.81 bits per heavy atom. The first-order valence-corrected chi connectivity index (χ1v) is 8.79. The van der Waals surface area contributed by atoms with Crippen molar-refractivity contribution >= 4 is 34.4 Å². The second kappa shape index (κ2) is 7.68. The number of carboxylic acid groups (broad SMARTS) is 1. The summed E-state index contributed by atoms with van der Waals surface area (Å²) in [5.41, 5.74) is 1.29. The zero-order valence-electron chi connectivity index (χ0n) is 15.4. The van der Waals surface area contributed by atoms with Gasteiger partial charge in [-0.3, -0.25) is 9.59 Å². The summed E-state index contributed by atoms with van der Waals surface area (Å²) in [7, 11) is 3.83. The molecule has 0 saturated heterocycles. The fourth-order valence-electron chi connectivity index (χ4n) is 3.25. The van der Waals surface area contributed by atoms with E-state index in [-0.39, 0.29) is 11.1 Å². The molecule has 1 aliphatic rings. The smallest absolute Gasteiger partial charge is 0.331 e. The number of aliphatic carboxylic acids is 1. The average molecular weight is 363 g/mol. The molecule has 0 fully saturated rings. The number of carboxylic acids is 1. The molecule has 1 aliphatic carbocycles. The first kappa shape index (κ1) is 18.7. The van der Waals surface area contributed by atoms with Gasteiger partial charge in [0.05, 0.1) is 0 Å². The molecule has 0 aliphatic heterocycles. The number of rotatable bonds is 6. The van der Waals surface area contributed by atoms with Crippen molar-refractivity contribution in [1.82, 2.24) is 4.90 Å². The van der Waals surface area contributed by atoms with Gasteiger partial charge in [-0.05, 0) is 68.0 Å². The summed E-state index contributed by atoms with van der Waals surface area (Å²) >= 11 is 0. The van der Waals surface area contributed by atoms with Crippen molar-refractivity contribution in [2.45, 2.75) is 12.8 Å². The number of benzene rings is 2. The minimum absolute atomic E-state index is 0.131. The number of carbonyl (C=O) groups is 3. The Balaban J connectivity index is 2.05. The molecule has 5 nitrogen and oxygen atoms in total. The monoisotopic (exact) mass is 363 g/mol. The summed E-state index contributed by atoms with van der Waals surface area (Å²) in [5, 5.41) is 11.3. The molecule has 0 spiro atoms. The highest BCUT2D eigenvalue weighted by molar-refractivity contribution is 6.53. The summed E-state index contributed by atoms with van der Waals surface area (Å²) in [6.45, 7) is 0.740. The molecule has 0 unspecified atom stereocenters. The van der Waals surface area contributed by atoms with Gasteiger partial charge in [-0.2, -0.15) is 0 Å². The maximum atomic E-state index is 12.6. The SMILES string of the molecule is CN(C)CCCC(=CC1=Cc2c(ccc3ccccc23)C(=O)C1=O)C(=O)O. The molecule has 0 aromatic heterocycles. The lowest BCUT2D eigenvalue weighted by molar-refractivity contribution is -0.132. The Labute approximate surface area is 157 Å². The van der Waals surface area contributed by atoms with Crippen LogP contribution in [-0.4, -0.2) is 48.2 Å². The Hall–Kier alpha value is -3.05. The highest BCUT2D eigenvalue weighted by Gasteiger charge is 2.28. The zero-order chi connectivity index (χ0) is 19.6. The number of carbonyl (C=O) groups excluding carboxylic acids is 2. The molecule has 0 amide bonds. The van der Waals surface area contributed by atoms with Crippen LogP contribution in [0, 0.1) is 0 Å². The molecule has 138 valence electrons. The number of fused-ring (bicyclic) bond motifs is 3. The molecule has 5 heteroatoms. The van der Waals surface area contributed by atoms with Gasteiger partial charge < -0.3 is 10.0 Å². The van der Waals surface area contributed by atoms with Crippen LogP contribution in [0.15, 0.2) is 53.6 Å². The van der Waals surface area contributed by atoms with E-state index in [1.54, 1.807) is 12.1 Å². The van der Waals surface area contributed by atoms with Gasteiger partial charge >= 0.3 is 5.97 Å². The van der Waals surface area contributed by atoms with Crippen LogP contribution >= 0.6 is 0 Å². The summed E-state index contributed by atoms with van der Waals surface area (Å²) < 4.78 is 0. The highest BCUT2D eigenvalue weighted by atomic mass is 16.4. The lowest BCUT2D eigenvalue weighted by atomic mass is 9.86. The van der Waals surface area contributed by atoms with Crippen LogP contribution in [0.5, 0.6) is 0 Å². The quantitative estimate of drug-likeness (QED) is 0.629. The number of Topliss-reactive ketones (excluding diaryl/α,β-unsaturated/α-hetero) is 2. The van der Waals surface area contributed by atoms with E-state index in [1.165, 1.54) is 6.08 Å². The third-order valence-electron chi connectivity index (χ3n) is 4.64. The molecule has 2 aromatic rings. The van der Waals surface area contributed by atoms with Crippen LogP contribution in [0.2, 0.25) is 0 Å². The molecule has 1 N–H and O–H groups in total. The lowest BCUT2D eigenvalue weighted by Gasteiger charge is -2.15. The van der Waals surface area contributed by atoms with E-state index in [1.807, 2.05) is 49.3 Å². The Kier molecular flexibility index (Phi) is 5.33. The van der Waals surface area contributed by atoms with Gasteiger partial charge in [0.15, 0.2) is 0 Å². The summed E-state index contributed by atoms with van der Waals surface area (Å²) in [6.07, 6.45) is 3.97. The minimum atomic E-state index is -1.07. The topological polar surface area (TPSA) is 74.7 Å². The predicted molar refractivity (Wildman–Crippen MR) is 105 cm³/mol. The van der Waals surface area contributed by atoms with Gasteiger partial charge in [-0.15, -0.1) is 0 Å². The zero-order valence-corrected chi connectivity index (χ0v) is 15.4. The highest BCUT2D eigenvalue weighted by Crippen LogP contribution is 2.30. The van der Waals surface area contributed by atoms with Crippen LogP contribution in [0.3, 0.4) is 0 Å². The van der Waals surface area contributed by atoms with Crippen molar-refractivity contribution in [2.24, 2.45) is 0 Å². The second-order valence-corrected chi connectivity index (χ2v) is 6.89. The summed E-state index contributed by atoms with van der Waals surface area (Å²) in [4.78, 5) is 38.6. The number of allylic oxidation sites excluding steroid dienone is 2. The van der Waals surface area contributed by atoms with Crippen molar-refractivity contribution in [3.05, 3.63) is 64.7 Å². The molecule has 3 rings (SSSR count). The third kappa shape index (κ3) is 3.88. The molecule has 0 saturated carbocycles. The molecule has 0 bridgehead atoms. The Bertz CT molecular complexity index is 999. The number of ketones is 2. The fraction of sp³-hybridized carbons (Fsp3) is 0.227. The van der Waals surface area contributed by atoms with E-state index < -0.39 is 17.5 Å². The fourth-order valence-corrected chi connectivity index (χ4v) is 3.25. The maximum Gasteiger partial charge on any atom is 0.331 e. The second-order valence-electron chi connectivity index (χ2n) is 6.89. The van der Waals surface area contributed by atoms with E-state index in [2.05, 4.69) is 0 Å². The standard InChI is InChI=1S/C22H21NO4/c1-23(2)11-5-7-15(22(26)27)12-16-13-19-17-8-4-3-6-14(17)9-10-18(19)21(25)20(16)24/h3-4,6,8-10,12-13H,5,7,11H2,1-2H3,(H,26,27). The molecule has 27 heavy (non-hydrogen) atoms. The van der Waals surface area contributed by atoms with Crippen molar-refractivity contribution in [2.75, 3.05) is 20.6 Å². The van der Waals surface area contributed by atoms with Crippen LogP contribution < -0.4 is 0 Å². The molecular formula is C22H21NO4. The predicted octanol–water partition coefficient (Wildman–Crippen LogP) is 3.34. The molecule has 0 atom stereocenters. The molecule has 0 radical (unpaired) electrons. The average Bonchev–Trinajstić information content (AvgIpc) is 2.64. The number of nitrogens with zero attached hydrogens (tertiary/aromatic N) is 1. The van der Waals surface area contributed by atoms with E-state index in [4.69, 9.17) is 0 Å². The largest absolute Gasteiger partial charge is 0.478 e. The van der Waals surface area contributed by atoms with Gasteiger partial charge in [0.1, 0.15) is 0 Å². The van der Waals surface area contributed by atoms with E-state index in [9.17, 15) is 19.5 Å². The molecule has 0 heterocycles. The van der Waals surface area contributed by atoms with E-state index in [0.717, 1.165) is 17.3 Å². The third-order valence-corrected chi connectivity index (χ3v) is 4.64. The van der Waals surface area contributed by atoms with E-state index >= 15 is 0 Å². The van der Waals surface area contributed by atoms with Crippen molar-refractivity contribution in [3.63, 3.8) is 0 Å². The Morgan fingerprint density at radius 1 is 1.07 bits per heavy atom. The van der Waals surface area contributed by atoms with Gasteiger partial charge in [0.25, 0.3) is 0 Å². The first-order valence-electron chi connectivity index (χ1n) is 8.79. The van der Waals surface area contributed by atoms with Crippen LogP contribution in [-0.2, 0) is 9.59 Å². The van der Waals surface area contributed by atoms with Gasteiger partial charge in [0, 0.05) is 16.7 Å². The van der Waals surface area contributed by atoms with Crippen LogP contribution in [0.1, 0.15) is 28.8 Å². The maximum absolute atomic E-state index is 12.6. The van der Waals surface area contributed by atoms with Gasteiger partial charge in [-0.25, -0.2) is 4.79 Å². The van der Waals surface area contributed by atoms with Crippen LogP contribution in [0.4, 0.5) is 0 Å². The van der Waals surface area contributed by atoms with Crippen LogP contribution in [0.25, 0.3) is 16.8 Å². The van der Waals surface area contributed by atoms with Crippen molar-refractivity contribution < 1.29 is 19.5 Å². The molecular weight excluding hydrogens is 342 g/mol. The minimum Gasteiger partial charge on any atom is -0.478 e. The van der Waals surface area contributed by atoms with Crippen molar-refractivity contribution in [1.29, 1.82) is 0 Å². The van der Waals surface area contributed by atoms with Gasteiger partial charge in [-0.1, -0.05) is 30.3 Å². The van der Waals surface area contributed by atoms with Gasteiger partial charge in [0.2, 0.25) is 11.6 Å². The normalized spacial score (nSPS) is 14.5. The summed E-state index contributed by atoms with van der Waals surface area (Å²) in [5.74, 6) is -2.33. The number of hydrogen-bond donors (Lipinski definition) is 1. The van der Waals surface area contributed by atoms with E-state index in [0.29, 0.717) is 24.0 Å². The van der Waals surface area contributed by atoms with Crippen molar-refractivity contribution in [3.8, 4) is 0 Å².